The molecule has 2 heterocycles. The second kappa shape index (κ2) is 8.13. The molecule has 8 heteroatoms. The minimum Gasteiger partial charge on any atom is -0.464 e. The lowest BCUT2D eigenvalue weighted by Crippen LogP contribution is -2.26. The third-order valence-electron chi connectivity index (χ3n) is 4.16. The quantitative estimate of drug-likeness (QED) is 0.495. The van der Waals surface area contributed by atoms with Crippen molar-refractivity contribution in [1.29, 1.82) is 0 Å². The number of carbonyl (C=O) groups is 2. The van der Waals surface area contributed by atoms with E-state index < -0.39 is 11.9 Å². The minimum absolute atomic E-state index is 0.228. The van der Waals surface area contributed by atoms with Crippen LogP contribution in [0.5, 0.6) is 0 Å². The summed E-state index contributed by atoms with van der Waals surface area (Å²) in [5.74, 6) is -1.10. The Labute approximate surface area is 159 Å². The van der Waals surface area contributed by atoms with Gasteiger partial charge in [-0.25, -0.2) is 4.98 Å². The van der Waals surface area contributed by atoms with Crippen LogP contribution in [0.15, 0.2) is 41.5 Å². The average Bonchev–Trinajstić information content (AvgIpc) is 3.00. The van der Waals surface area contributed by atoms with Crippen LogP contribution in [-0.4, -0.2) is 28.0 Å². The highest BCUT2D eigenvalue weighted by atomic mass is 32.1. The molecule has 0 fully saturated rings. The number of carbonyl (C=O) groups excluding carboxylic acids is 2. The zero-order chi connectivity index (χ0) is 19.4. The lowest BCUT2D eigenvalue weighted by Gasteiger charge is -2.07. The maximum absolute atomic E-state index is 12.6. The number of rotatable bonds is 7. The van der Waals surface area contributed by atoms with Gasteiger partial charge in [0.2, 0.25) is 0 Å². The van der Waals surface area contributed by atoms with E-state index >= 15 is 0 Å². The Balaban J connectivity index is 1.63. The molecule has 3 aromatic rings. The molecule has 7 nitrogen and oxygen atoms in total. The third kappa shape index (κ3) is 4.22. The molecule has 0 spiro atoms. The summed E-state index contributed by atoms with van der Waals surface area (Å²) >= 11 is 1.07. The summed E-state index contributed by atoms with van der Waals surface area (Å²) in [5, 5.41) is 0.313. The Hall–Kier alpha value is -3.00. The summed E-state index contributed by atoms with van der Waals surface area (Å²) in [7, 11) is 0. The van der Waals surface area contributed by atoms with Crippen LogP contribution in [0.2, 0.25) is 0 Å². The van der Waals surface area contributed by atoms with E-state index in [0.717, 1.165) is 17.8 Å². The van der Waals surface area contributed by atoms with E-state index in [1.807, 2.05) is 30.3 Å². The largest absolute Gasteiger partial charge is 0.464 e. The zero-order valence-corrected chi connectivity index (χ0v) is 15.6. The molecule has 3 rings (SSSR count). The van der Waals surface area contributed by atoms with E-state index in [-0.39, 0.29) is 18.7 Å². The Morgan fingerprint density at radius 3 is 2.70 bits per heavy atom. The van der Waals surface area contributed by atoms with E-state index in [4.69, 9.17) is 10.5 Å². The number of nitrogens with zero attached hydrogens (tertiary/aromatic N) is 2. The van der Waals surface area contributed by atoms with E-state index in [0.29, 0.717) is 27.1 Å². The summed E-state index contributed by atoms with van der Waals surface area (Å²) in [6.45, 7) is 1.70. The highest BCUT2D eigenvalue weighted by Gasteiger charge is 2.18. The van der Waals surface area contributed by atoms with Crippen LogP contribution in [0, 0.1) is 6.92 Å². The van der Waals surface area contributed by atoms with E-state index in [1.54, 1.807) is 6.92 Å². The monoisotopic (exact) mass is 385 g/mol. The molecule has 1 aromatic carbocycles. The van der Waals surface area contributed by atoms with Crippen molar-refractivity contribution in [2.24, 2.45) is 5.73 Å². The highest BCUT2D eigenvalue weighted by molar-refractivity contribution is 7.20. The molecule has 140 valence electrons. The van der Waals surface area contributed by atoms with Crippen molar-refractivity contribution in [2.75, 3.05) is 6.61 Å². The molecule has 0 bridgehead atoms. The summed E-state index contributed by atoms with van der Waals surface area (Å²) in [4.78, 5) is 41.0. The highest BCUT2D eigenvalue weighted by Crippen LogP contribution is 2.26. The second-order valence-corrected chi connectivity index (χ2v) is 7.09. The summed E-state index contributed by atoms with van der Waals surface area (Å²) < 4.78 is 6.40. The smallest absolute Gasteiger partial charge is 0.326 e. The van der Waals surface area contributed by atoms with Gasteiger partial charge in [-0.15, -0.1) is 11.3 Å². The van der Waals surface area contributed by atoms with Gasteiger partial charge in [0.25, 0.3) is 11.5 Å². The van der Waals surface area contributed by atoms with Crippen molar-refractivity contribution in [3.8, 4) is 0 Å². The average molecular weight is 385 g/mol. The van der Waals surface area contributed by atoms with E-state index in [2.05, 4.69) is 4.98 Å². The van der Waals surface area contributed by atoms with Gasteiger partial charge < -0.3 is 10.5 Å². The van der Waals surface area contributed by atoms with Gasteiger partial charge in [0, 0.05) is 0 Å². The number of hydrogen-bond acceptors (Lipinski definition) is 6. The molecule has 27 heavy (non-hydrogen) atoms. The van der Waals surface area contributed by atoms with E-state index in [9.17, 15) is 14.4 Å². The van der Waals surface area contributed by atoms with Gasteiger partial charge in [-0.1, -0.05) is 30.3 Å². The van der Waals surface area contributed by atoms with Gasteiger partial charge in [-0.05, 0) is 30.9 Å². The van der Waals surface area contributed by atoms with Crippen LogP contribution in [0.4, 0.5) is 0 Å². The van der Waals surface area contributed by atoms with Crippen LogP contribution in [0.25, 0.3) is 10.2 Å². The second-order valence-electron chi connectivity index (χ2n) is 6.09. The molecule has 1 amide bonds. The molecule has 0 aliphatic rings. The molecule has 0 saturated carbocycles. The topological polar surface area (TPSA) is 104 Å². The number of amides is 1. The standard InChI is InChI=1S/C19H19N3O4S/c1-12-15-18(27-16(12)17(20)24)21-11-22(19(15)25)10-14(23)26-9-5-8-13-6-3-2-4-7-13/h2-4,6-7,11H,5,8-10H2,1H3,(H2,20,24). The maximum atomic E-state index is 12.6. The molecule has 0 aliphatic heterocycles. The predicted molar refractivity (Wildman–Crippen MR) is 103 cm³/mol. The number of aromatic nitrogens is 2. The number of fused-ring (bicyclic) bond motifs is 1. The SMILES string of the molecule is Cc1c(C(N)=O)sc2ncn(CC(=O)OCCCc3ccccc3)c(=O)c12. The first-order valence-electron chi connectivity index (χ1n) is 8.45. The number of primary amides is 1. The molecule has 0 aliphatic carbocycles. The zero-order valence-electron chi connectivity index (χ0n) is 14.8. The number of thiophene rings is 1. The van der Waals surface area contributed by atoms with Crippen molar-refractivity contribution < 1.29 is 14.3 Å². The summed E-state index contributed by atoms with van der Waals surface area (Å²) in [6, 6.07) is 9.92. The molecule has 0 unspecified atom stereocenters. The van der Waals surface area contributed by atoms with Gasteiger partial charge in [0.15, 0.2) is 0 Å². The van der Waals surface area contributed by atoms with E-state index in [1.165, 1.54) is 16.5 Å². The number of aryl methyl sites for hydroxylation is 2. The van der Waals surface area contributed by atoms with Crippen molar-refractivity contribution in [2.45, 2.75) is 26.3 Å². The summed E-state index contributed by atoms with van der Waals surface area (Å²) in [6.07, 6.45) is 2.80. The molecular formula is C19H19N3O4S. The van der Waals surface area contributed by atoms with Gasteiger partial charge >= 0.3 is 5.97 Å². The van der Waals surface area contributed by atoms with Crippen LogP contribution in [0.3, 0.4) is 0 Å². The normalized spacial score (nSPS) is 10.9. The Kier molecular flexibility index (Phi) is 5.66. The molecule has 0 atom stereocenters. The number of hydrogen-bond donors (Lipinski definition) is 1. The van der Waals surface area contributed by atoms with Crippen LogP contribution in [-0.2, 0) is 22.5 Å². The van der Waals surface area contributed by atoms with Crippen molar-refractivity contribution in [3.05, 3.63) is 63.0 Å². The van der Waals surface area contributed by atoms with Crippen molar-refractivity contribution in [1.82, 2.24) is 9.55 Å². The Morgan fingerprint density at radius 1 is 1.26 bits per heavy atom. The third-order valence-corrected chi connectivity index (χ3v) is 5.37. The predicted octanol–water partition coefficient (Wildman–Crippen LogP) is 2.04. The summed E-state index contributed by atoms with van der Waals surface area (Å²) in [5.41, 5.74) is 6.60. The molecule has 0 saturated heterocycles. The maximum Gasteiger partial charge on any atom is 0.326 e. The molecule has 0 radical (unpaired) electrons. The van der Waals surface area contributed by atoms with Crippen LogP contribution in [0.1, 0.15) is 27.2 Å². The first kappa shape index (κ1) is 18.8. The fourth-order valence-electron chi connectivity index (χ4n) is 2.80. The lowest BCUT2D eigenvalue weighted by atomic mass is 10.1. The van der Waals surface area contributed by atoms with Crippen molar-refractivity contribution >= 4 is 33.4 Å². The van der Waals surface area contributed by atoms with Gasteiger partial charge in [0.05, 0.1) is 23.2 Å². The van der Waals surface area contributed by atoms with Crippen LogP contribution >= 0.6 is 11.3 Å². The van der Waals surface area contributed by atoms with Crippen molar-refractivity contribution in [3.63, 3.8) is 0 Å². The minimum atomic E-state index is -0.598. The Morgan fingerprint density at radius 2 is 2.00 bits per heavy atom. The number of esters is 1. The Bertz CT molecular complexity index is 1040. The lowest BCUT2D eigenvalue weighted by molar-refractivity contribution is -0.144. The van der Waals surface area contributed by atoms with Gasteiger partial charge in [0.1, 0.15) is 11.4 Å². The molecular weight excluding hydrogens is 366 g/mol. The number of ether oxygens (including phenoxy) is 1. The first-order chi connectivity index (χ1) is 13.0. The molecule has 2 aromatic heterocycles. The van der Waals surface area contributed by atoms with Crippen LogP contribution < -0.4 is 11.3 Å². The van der Waals surface area contributed by atoms with Gasteiger partial charge in [-0.3, -0.25) is 19.0 Å². The molecule has 2 N–H and O–H groups in total. The number of nitrogens with two attached hydrogens (primary N) is 1. The van der Waals surface area contributed by atoms with Gasteiger partial charge in [-0.2, -0.15) is 0 Å². The fourth-order valence-corrected chi connectivity index (χ4v) is 3.79. The fraction of sp³-hybridized carbons (Fsp3) is 0.263. The number of benzene rings is 1. The first-order valence-corrected chi connectivity index (χ1v) is 9.27.